The standard InChI is InChI=1S/C15H15ClIN/c1-10-2-4-11(5-3-10)8-15(18)13-9-12(16)6-7-14(13)17/h2-7,9,15H,8,18H2,1H3. The Morgan fingerprint density at radius 2 is 1.83 bits per heavy atom. The maximum Gasteiger partial charge on any atom is 0.0410 e. The van der Waals surface area contributed by atoms with Crippen molar-refractivity contribution >= 4 is 34.2 Å². The van der Waals surface area contributed by atoms with Crippen molar-refractivity contribution in [2.45, 2.75) is 19.4 Å². The first-order valence-electron chi connectivity index (χ1n) is 5.82. The van der Waals surface area contributed by atoms with Crippen molar-refractivity contribution in [3.8, 4) is 0 Å². The van der Waals surface area contributed by atoms with E-state index in [1.165, 1.54) is 11.1 Å². The molecule has 2 aromatic carbocycles. The molecule has 0 saturated carbocycles. The second-order valence-corrected chi connectivity index (χ2v) is 6.06. The molecule has 1 atom stereocenters. The molecule has 94 valence electrons. The zero-order valence-electron chi connectivity index (χ0n) is 10.2. The van der Waals surface area contributed by atoms with E-state index < -0.39 is 0 Å². The lowest BCUT2D eigenvalue weighted by atomic mass is 9.99. The maximum absolute atomic E-state index is 6.27. The van der Waals surface area contributed by atoms with E-state index in [1.807, 2.05) is 18.2 Å². The predicted octanol–water partition coefficient (Wildman–Crippen LogP) is 4.50. The summed E-state index contributed by atoms with van der Waals surface area (Å²) in [7, 11) is 0. The van der Waals surface area contributed by atoms with Gasteiger partial charge in [0.25, 0.3) is 0 Å². The van der Waals surface area contributed by atoms with E-state index in [0.717, 1.165) is 20.6 Å². The fraction of sp³-hybridized carbons (Fsp3) is 0.200. The molecule has 0 aliphatic heterocycles. The molecule has 0 spiro atoms. The van der Waals surface area contributed by atoms with Gasteiger partial charge in [0.05, 0.1) is 0 Å². The van der Waals surface area contributed by atoms with Crippen LogP contribution in [0.5, 0.6) is 0 Å². The smallest absolute Gasteiger partial charge is 0.0410 e. The Morgan fingerprint density at radius 3 is 2.50 bits per heavy atom. The summed E-state index contributed by atoms with van der Waals surface area (Å²) in [5, 5.41) is 0.741. The molecule has 0 aromatic heterocycles. The average Bonchev–Trinajstić information content (AvgIpc) is 2.35. The molecule has 0 amide bonds. The van der Waals surface area contributed by atoms with Gasteiger partial charge < -0.3 is 5.73 Å². The summed E-state index contributed by atoms with van der Waals surface area (Å²) >= 11 is 8.33. The van der Waals surface area contributed by atoms with Crippen LogP contribution in [0.15, 0.2) is 42.5 Å². The van der Waals surface area contributed by atoms with Crippen LogP contribution in [-0.2, 0) is 6.42 Å². The number of hydrogen-bond donors (Lipinski definition) is 1. The third-order valence-corrected chi connectivity index (χ3v) is 4.15. The molecule has 0 aliphatic rings. The van der Waals surface area contributed by atoms with E-state index in [1.54, 1.807) is 0 Å². The third kappa shape index (κ3) is 3.46. The van der Waals surface area contributed by atoms with Gasteiger partial charge in [0, 0.05) is 14.6 Å². The molecular formula is C15H15ClIN. The molecule has 3 heteroatoms. The fourth-order valence-electron chi connectivity index (χ4n) is 1.89. The second-order valence-electron chi connectivity index (χ2n) is 4.46. The molecule has 0 heterocycles. The van der Waals surface area contributed by atoms with Crippen molar-refractivity contribution in [2.24, 2.45) is 5.73 Å². The number of hydrogen-bond acceptors (Lipinski definition) is 1. The molecule has 2 N–H and O–H groups in total. The van der Waals surface area contributed by atoms with Gasteiger partial charge in [0.1, 0.15) is 0 Å². The minimum Gasteiger partial charge on any atom is -0.324 e. The highest BCUT2D eigenvalue weighted by Crippen LogP contribution is 2.25. The number of halogens is 2. The summed E-state index contributed by atoms with van der Waals surface area (Å²) in [4.78, 5) is 0. The van der Waals surface area contributed by atoms with Crippen LogP contribution in [0.4, 0.5) is 0 Å². The molecule has 2 aromatic rings. The van der Waals surface area contributed by atoms with Crippen molar-refractivity contribution in [3.63, 3.8) is 0 Å². The maximum atomic E-state index is 6.27. The van der Waals surface area contributed by atoms with Gasteiger partial charge in [-0.1, -0.05) is 41.4 Å². The average molecular weight is 372 g/mol. The zero-order chi connectivity index (χ0) is 13.1. The van der Waals surface area contributed by atoms with E-state index in [0.29, 0.717) is 0 Å². The summed E-state index contributed by atoms with van der Waals surface area (Å²) in [6.45, 7) is 2.09. The number of rotatable bonds is 3. The minimum absolute atomic E-state index is 0.0155. The Labute approximate surface area is 126 Å². The number of aryl methyl sites for hydroxylation is 1. The molecule has 1 unspecified atom stereocenters. The summed E-state index contributed by atoms with van der Waals surface area (Å²) in [5.74, 6) is 0. The quantitative estimate of drug-likeness (QED) is 0.790. The molecular weight excluding hydrogens is 357 g/mol. The molecule has 1 nitrogen and oxygen atoms in total. The fourth-order valence-corrected chi connectivity index (χ4v) is 2.80. The third-order valence-electron chi connectivity index (χ3n) is 2.93. The first-order valence-corrected chi connectivity index (χ1v) is 7.28. The Hall–Kier alpha value is -0.580. The molecule has 0 saturated heterocycles. The van der Waals surface area contributed by atoms with Crippen LogP contribution in [0.2, 0.25) is 5.02 Å². The van der Waals surface area contributed by atoms with Crippen molar-refractivity contribution in [1.29, 1.82) is 0 Å². The van der Waals surface area contributed by atoms with E-state index in [9.17, 15) is 0 Å². The van der Waals surface area contributed by atoms with E-state index >= 15 is 0 Å². The minimum atomic E-state index is -0.0155. The Kier molecular flexibility index (Phi) is 4.65. The summed E-state index contributed by atoms with van der Waals surface area (Å²) in [6, 6.07) is 14.3. The lowest BCUT2D eigenvalue weighted by molar-refractivity contribution is 0.718. The first kappa shape index (κ1) is 13.8. The topological polar surface area (TPSA) is 26.0 Å². The Balaban J connectivity index is 2.18. The van der Waals surface area contributed by atoms with Gasteiger partial charge in [-0.3, -0.25) is 0 Å². The SMILES string of the molecule is Cc1ccc(CC(N)c2cc(Cl)ccc2I)cc1. The van der Waals surface area contributed by atoms with Crippen LogP contribution in [0.1, 0.15) is 22.7 Å². The van der Waals surface area contributed by atoms with Crippen LogP contribution < -0.4 is 5.73 Å². The predicted molar refractivity (Wildman–Crippen MR) is 86.0 cm³/mol. The lowest BCUT2D eigenvalue weighted by Gasteiger charge is -2.14. The van der Waals surface area contributed by atoms with Crippen LogP contribution in [0.3, 0.4) is 0 Å². The molecule has 0 aliphatic carbocycles. The van der Waals surface area contributed by atoms with Crippen LogP contribution >= 0.6 is 34.2 Å². The monoisotopic (exact) mass is 371 g/mol. The van der Waals surface area contributed by atoms with E-state index in [4.69, 9.17) is 17.3 Å². The van der Waals surface area contributed by atoms with Gasteiger partial charge in [0.15, 0.2) is 0 Å². The normalized spacial score (nSPS) is 12.4. The highest BCUT2D eigenvalue weighted by molar-refractivity contribution is 14.1. The van der Waals surface area contributed by atoms with Crippen molar-refractivity contribution < 1.29 is 0 Å². The van der Waals surface area contributed by atoms with Crippen LogP contribution in [-0.4, -0.2) is 0 Å². The van der Waals surface area contributed by atoms with Crippen molar-refractivity contribution in [2.75, 3.05) is 0 Å². The van der Waals surface area contributed by atoms with Gasteiger partial charge in [-0.25, -0.2) is 0 Å². The van der Waals surface area contributed by atoms with Crippen LogP contribution in [0.25, 0.3) is 0 Å². The van der Waals surface area contributed by atoms with Gasteiger partial charge in [0.2, 0.25) is 0 Å². The van der Waals surface area contributed by atoms with Gasteiger partial charge >= 0.3 is 0 Å². The Bertz CT molecular complexity index is 537. The highest BCUT2D eigenvalue weighted by atomic mass is 127. The summed E-state index contributed by atoms with van der Waals surface area (Å²) < 4.78 is 1.16. The van der Waals surface area contributed by atoms with E-state index in [2.05, 4.69) is 53.8 Å². The summed E-state index contributed by atoms with van der Waals surface area (Å²) in [6.07, 6.45) is 0.830. The molecule has 0 fully saturated rings. The number of benzene rings is 2. The lowest BCUT2D eigenvalue weighted by Crippen LogP contribution is -2.14. The van der Waals surface area contributed by atoms with E-state index in [-0.39, 0.29) is 6.04 Å². The molecule has 2 rings (SSSR count). The van der Waals surface area contributed by atoms with Crippen molar-refractivity contribution in [1.82, 2.24) is 0 Å². The van der Waals surface area contributed by atoms with Crippen LogP contribution in [0, 0.1) is 10.5 Å². The number of nitrogens with two attached hydrogens (primary N) is 1. The highest BCUT2D eigenvalue weighted by Gasteiger charge is 2.11. The summed E-state index contributed by atoms with van der Waals surface area (Å²) in [5.41, 5.74) is 9.91. The largest absolute Gasteiger partial charge is 0.324 e. The van der Waals surface area contributed by atoms with Crippen molar-refractivity contribution in [3.05, 3.63) is 67.7 Å². The molecule has 0 radical (unpaired) electrons. The first-order chi connectivity index (χ1) is 8.56. The Morgan fingerprint density at radius 1 is 1.17 bits per heavy atom. The zero-order valence-corrected chi connectivity index (χ0v) is 13.1. The molecule has 0 bridgehead atoms. The van der Waals surface area contributed by atoms with Gasteiger partial charge in [-0.2, -0.15) is 0 Å². The molecule has 18 heavy (non-hydrogen) atoms. The van der Waals surface area contributed by atoms with Gasteiger partial charge in [-0.15, -0.1) is 0 Å². The van der Waals surface area contributed by atoms with Gasteiger partial charge in [-0.05, 0) is 65.3 Å². The second kappa shape index (κ2) is 6.04.